The maximum Gasteiger partial charge on any atom is 0.268 e. The van der Waals surface area contributed by atoms with Crippen molar-refractivity contribution in [1.29, 1.82) is 0 Å². The van der Waals surface area contributed by atoms with Crippen molar-refractivity contribution in [3.05, 3.63) is 18.1 Å². The highest BCUT2D eigenvalue weighted by Crippen LogP contribution is 2.12. The molecule has 0 bridgehead atoms. The summed E-state index contributed by atoms with van der Waals surface area (Å²) >= 11 is 0. The standard InChI is InChI=1S/C14H22N6O2/c1-2-3-16-13(21)10-19-4-6-20(7-5-19)12-9-17-11(8-18-12)14(15)22/h8-9H,2-7,10H2,1H3,(H2,15,22)(H,16,21). The van der Waals surface area contributed by atoms with Crippen LogP contribution in [-0.4, -0.2) is 66.0 Å². The maximum absolute atomic E-state index is 11.7. The predicted octanol–water partition coefficient (Wildman–Crippen LogP) is -0.776. The third kappa shape index (κ3) is 4.39. The summed E-state index contributed by atoms with van der Waals surface area (Å²) in [6.07, 6.45) is 3.89. The second-order valence-electron chi connectivity index (χ2n) is 5.24. The number of nitrogens with two attached hydrogens (primary N) is 1. The van der Waals surface area contributed by atoms with E-state index in [1.807, 2.05) is 6.92 Å². The topological polar surface area (TPSA) is 104 Å². The van der Waals surface area contributed by atoms with E-state index in [4.69, 9.17) is 5.73 Å². The van der Waals surface area contributed by atoms with Gasteiger partial charge in [0.05, 0.1) is 18.9 Å². The number of primary amides is 1. The molecule has 1 aromatic heterocycles. The predicted molar refractivity (Wildman–Crippen MR) is 82.5 cm³/mol. The van der Waals surface area contributed by atoms with Crippen LogP contribution in [0.5, 0.6) is 0 Å². The number of rotatable bonds is 6. The normalized spacial score (nSPS) is 15.6. The van der Waals surface area contributed by atoms with Crippen molar-refractivity contribution in [1.82, 2.24) is 20.2 Å². The molecule has 1 aliphatic rings. The SMILES string of the molecule is CCCNC(=O)CN1CCN(c2cnc(C(N)=O)cn2)CC1. The summed E-state index contributed by atoms with van der Waals surface area (Å²) in [7, 11) is 0. The van der Waals surface area contributed by atoms with E-state index in [1.165, 1.54) is 6.20 Å². The van der Waals surface area contributed by atoms with Gasteiger partial charge in [0.25, 0.3) is 5.91 Å². The van der Waals surface area contributed by atoms with Crippen molar-refractivity contribution >= 4 is 17.6 Å². The first-order valence-electron chi connectivity index (χ1n) is 7.46. The van der Waals surface area contributed by atoms with Crippen LogP contribution in [0.3, 0.4) is 0 Å². The van der Waals surface area contributed by atoms with Gasteiger partial charge >= 0.3 is 0 Å². The summed E-state index contributed by atoms with van der Waals surface area (Å²) < 4.78 is 0. The van der Waals surface area contributed by atoms with Crippen LogP contribution in [0.2, 0.25) is 0 Å². The third-order valence-corrected chi connectivity index (χ3v) is 3.53. The van der Waals surface area contributed by atoms with Crippen LogP contribution in [0.25, 0.3) is 0 Å². The van der Waals surface area contributed by atoms with Gasteiger partial charge in [0.2, 0.25) is 5.91 Å². The lowest BCUT2D eigenvalue weighted by molar-refractivity contribution is -0.122. The molecular formula is C14H22N6O2. The molecule has 3 N–H and O–H groups in total. The third-order valence-electron chi connectivity index (χ3n) is 3.53. The molecule has 120 valence electrons. The Bertz CT molecular complexity index is 511. The van der Waals surface area contributed by atoms with E-state index in [0.717, 1.165) is 45.0 Å². The smallest absolute Gasteiger partial charge is 0.268 e. The summed E-state index contributed by atoms with van der Waals surface area (Å²) in [6.45, 7) is 6.30. The van der Waals surface area contributed by atoms with Crippen molar-refractivity contribution in [2.45, 2.75) is 13.3 Å². The van der Waals surface area contributed by atoms with Crippen LogP contribution in [0.15, 0.2) is 12.4 Å². The van der Waals surface area contributed by atoms with Gasteiger partial charge in [0.15, 0.2) is 0 Å². The zero-order valence-electron chi connectivity index (χ0n) is 12.8. The lowest BCUT2D eigenvalue weighted by Crippen LogP contribution is -2.49. The Balaban J connectivity index is 1.81. The lowest BCUT2D eigenvalue weighted by atomic mass is 10.3. The Morgan fingerprint density at radius 2 is 1.95 bits per heavy atom. The first kappa shape index (κ1) is 16.2. The number of anilines is 1. The Hall–Kier alpha value is -2.22. The van der Waals surface area contributed by atoms with Gasteiger partial charge < -0.3 is 16.0 Å². The van der Waals surface area contributed by atoms with Crippen molar-refractivity contribution < 1.29 is 9.59 Å². The van der Waals surface area contributed by atoms with E-state index in [1.54, 1.807) is 6.20 Å². The number of amides is 2. The molecule has 2 heterocycles. The molecular weight excluding hydrogens is 284 g/mol. The largest absolute Gasteiger partial charge is 0.364 e. The van der Waals surface area contributed by atoms with Gasteiger partial charge in [-0.1, -0.05) is 6.92 Å². The molecule has 8 heteroatoms. The number of piperazine rings is 1. The Kier molecular flexibility index (Phi) is 5.65. The van der Waals surface area contributed by atoms with E-state index in [9.17, 15) is 9.59 Å². The average molecular weight is 306 g/mol. The highest BCUT2D eigenvalue weighted by Gasteiger charge is 2.20. The summed E-state index contributed by atoms with van der Waals surface area (Å²) in [5.74, 6) is 0.211. The van der Waals surface area contributed by atoms with E-state index in [-0.39, 0.29) is 11.6 Å². The van der Waals surface area contributed by atoms with Crippen LogP contribution < -0.4 is 16.0 Å². The molecule has 0 unspecified atom stereocenters. The number of hydrogen-bond acceptors (Lipinski definition) is 6. The monoisotopic (exact) mass is 306 g/mol. The summed E-state index contributed by atoms with van der Waals surface area (Å²) in [6, 6.07) is 0. The molecule has 1 fully saturated rings. The van der Waals surface area contributed by atoms with E-state index < -0.39 is 5.91 Å². The number of carbonyl (C=O) groups excluding carboxylic acids is 2. The van der Waals surface area contributed by atoms with Crippen molar-refractivity contribution in [3.8, 4) is 0 Å². The first-order chi connectivity index (χ1) is 10.6. The number of carbonyl (C=O) groups is 2. The Labute approximate surface area is 129 Å². The summed E-state index contributed by atoms with van der Waals surface area (Å²) in [5, 5.41) is 2.88. The van der Waals surface area contributed by atoms with Gasteiger partial charge in [0.1, 0.15) is 11.5 Å². The van der Waals surface area contributed by atoms with Crippen LogP contribution >= 0.6 is 0 Å². The second-order valence-corrected chi connectivity index (χ2v) is 5.24. The van der Waals surface area contributed by atoms with Crippen LogP contribution in [0.1, 0.15) is 23.8 Å². The Morgan fingerprint density at radius 3 is 2.50 bits per heavy atom. The van der Waals surface area contributed by atoms with Gasteiger partial charge in [-0.2, -0.15) is 0 Å². The first-order valence-corrected chi connectivity index (χ1v) is 7.46. The second kappa shape index (κ2) is 7.69. The quantitative estimate of drug-likeness (QED) is 0.715. The Morgan fingerprint density at radius 1 is 1.23 bits per heavy atom. The zero-order chi connectivity index (χ0) is 15.9. The van der Waals surface area contributed by atoms with E-state index >= 15 is 0 Å². The lowest BCUT2D eigenvalue weighted by Gasteiger charge is -2.34. The van der Waals surface area contributed by atoms with Crippen molar-refractivity contribution in [2.24, 2.45) is 5.73 Å². The maximum atomic E-state index is 11.7. The molecule has 0 atom stereocenters. The molecule has 1 saturated heterocycles. The molecule has 0 spiro atoms. The summed E-state index contributed by atoms with van der Waals surface area (Å²) in [5.41, 5.74) is 5.30. The molecule has 8 nitrogen and oxygen atoms in total. The number of nitrogens with zero attached hydrogens (tertiary/aromatic N) is 4. The number of hydrogen-bond donors (Lipinski definition) is 2. The van der Waals surface area contributed by atoms with E-state index in [2.05, 4.69) is 25.1 Å². The molecule has 0 aliphatic carbocycles. The highest BCUT2D eigenvalue weighted by molar-refractivity contribution is 5.90. The molecule has 22 heavy (non-hydrogen) atoms. The van der Waals surface area contributed by atoms with Crippen LogP contribution in [0.4, 0.5) is 5.82 Å². The fraction of sp³-hybridized carbons (Fsp3) is 0.571. The minimum Gasteiger partial charge on any atom is -0.364 e. The average Bonchev–Trinajstić information content (AvgIpc) is 2.54. The van der Waals surface area contributed by atoms with Crippen molar-refractivity contribution in [3.63, 3.8) is 0 Å². The number of aromatic nitrogens is 2. The van der Waals surface area contributed by atoms with Gasteiger partial charge in [0, 0.05) is 32.7 Å². The minimum atomic E-state index is -0.582. The molecule has 2 amide bonds. The van der Waals surface area contributed by atoms with Crippen molar-refractivity contribution in [2.75, 3.05) is 44.2 Å². The molecule has 1 aromatic rings. The van der Waals surface area contributed by atoms with Gasteiger partial charge in [-0.15, -0.1) is 0 Å². The van der Waals surface area contributed by atoms with Gasteiger partial charge in [-0.3, -0.25) is 14.5 Å². The fourth-order valence-corrected chi connectivity index (χ4v) is 2.27. The van der Waals surface area contributed by atoms with Gasteiger partial charge in [-0.05, 0) is 6.42 Å². The molecule has 0 saturated carbocycles. The van der Waals surface area contributed by atoms with E-state index in [0.29, 0.717) is 6.54 Å². The number of nitrogens with one attached hydrogen (secondary N) is 1. The molecule has 0 aromatic carbocycles. The molecule has 1 aliphatic heterocycles. The minimum absolute atomic E-state index is 0.0703. The summed E-state index contributed by atoms with van der Waals surface area (Å²) in [4.78, 5) is 35.1. The van der Waals surface area contributed by atoms with Gasteiger partial charge in [-0.25, -0.2) is 9.97 Å². The zero-order valence-corrected chi connectivity index (χ0v) is 12.8. The molecule has 2 rings (SSSR count). The highest BCUT2D eigenvalue weighted by atomic mass is 16.2. The van der Waals surface area contributed by atoms with Crippen LogP contribution in [-0.2, 0) is 4.79 Å². The van der Waals surface area contributed by atoms with Crippen LogP contribution in [0, 0.1) is 0 Å². The fourth-order valence-electron chi connectivity index (χ4n) is 2.27. The molecule has 0 radical (unpaired) electrons.